The van der Waals surface area contributed by atoms with Gasteiger partial charge in [0.25, 0.3) is 0 Å². The lowest BCUT2D eigenvalue weighted by atomic mass is 9.82. The fourth-order valence-corrected chi connectivity index (χ4v) is 2.72. The maximum atomic E-state index is 11.2. The average molecular weight is 264 g/mol. The highest BCUT2D eigenvalue weighted by atomic mass is 32.2. The molecule has 5 heteroatoms. The summed E-state index contributed by atoms with van der Waals surface area (Å²) >= 11 is 0. The summed E-state index contributed by atoms with van der Waals surface area (Å²) < 4.78 is 22.4. The zero-order valence-corrected chi connectivity index (χ0v) is 10.9. The van der Waals surface area contributed by atoms with Crippen molar-refractivity contribution in [1.82, 2.24) is 0 Å². The molecule has 0 saturated heterocycles. The first-order valence-corrected chi connectivity index (χ1v) is 7.15. The molecular weight excluding hydrogens is 248 g/mol. The number of rotatable bonds is 2. The van der Waals surface area contributed by atoms with Gasteiger partial charge in [-0.15, -0.1) is 0 Å². The third-order valence-corrected chi connectivity index (χ3v) is 4.12. The van der Waals surface area contributed by atoms with Crippen LogP contribution >= 0.6 is 0 Å². The van der Waals surface area contributed by atoms with Crippen molar-refractivity contribution in [2.24, 2.45) is 10.9 Å². The van der Waals surface area contributed by atoms with E-state index in [0.29, 0.717) is 6.42 Å². The van der Waals surface area contributed by atoms with Crippen molar-refractivity contribution in [1.29, 1.82) is 0 Å². The van der Waals surface area contributed by atoms with Gasteiger partial charge >= 0.3 is 0 Å². The quantitative estimate of drug-likeness (QED) is 0.843. The predicted octanol–water partition coefficient (Wildman–Crippen LogP) is 1.28. The zero-order chi connectivity index (χ0) is 13.4. The number of hydrogen-bond donors (Lipinski definition) is 2. The highest BCUT2D eigenvalue weighted by Gasteiger charge is 2.28. The van der Waals surface area contributed by atoms with Crippen LogP contribution < -0.4 is 10.9 Å². The maximum Gasteiger partial charge on any atom is 0.237 e. The third-order valence-electron chi connectivity index (χ3n) is 3.16. The molecule has 1 aliphatic rings. The van der Waals surface area contributed by atoms with E-state index in [1.54, 1.807) is 12.2 Å². The maximum absolute atomic E-state index is 11.2. The summed E-state index contributed by atoms with van der Waals surface area (Å²) in [7, 11) is -3.65. The summed E-state index contributed by atoms with van der Waals surface area (Å²) in [5.41, 5.74) is 7.72. The Morgan fingerprint density at radius 3 is 2.44 bits per heavy atom. The molecule has 0 aliphatic heterocycles. The highest BCUT2D eigenvalue weighted by molar-refractivity contribution is 7.93. The first-order chi connectivity index (χ1) is 8.33. The van der Waals surface area contributed by atoms with Gasteiger partial charge in [0.15, 0.2) is 0 Å². The topological polar surface area (TPSA) is 86.2 Å². The molecule has 4 N–H and O–H groups in total. The molecule has 4 nitrogen and oxygen atoms in total. The summed E-state index contributed by atoms with van der Waals surface area (Å²) in [6.07, 6.45) is 5.17. The Kier molecular flexibility index (Phi) is 3.14. The van der Waals surface area contributed by atoms with Crippen LogP contribution in [0.1, 0.15) is 17.5 Å². The van der Waals surface area contributed by atoms with Crippen molar-refractivity contribution >= 4 is 10.0 Å². The summed E-state index contributed by atoms with van der Waals surface area (Å²) in [5.74, 6) is 0. The summed E-state index contributed by atoms with van der Waals surface area (Å²) in [4.78, 5) is 0.122. The SMILES string of the molecule is Cc1ccccc1C1(N)C=CC(S(N)(=O)=O)=CC1. The van der Waals surface area contributed by atoms with E-state index < -0.39 is 15.6 Å². The lowest BCUT2D eigenvalue weighted by molar-refractivity contribution is 0.559. The summed E-state index contributed by atoms with van der Waals surface area (Å²) in [6, 6.07) is 7.80. The molecule has 96 valence electrons. The molecule has 0 radical (unpaired) electrons. The summed E-state index contributed by atoms with van der Waals surface area (Å²) in [5, 5.41) is 5.08. The molecule has 0 bridgehead atoms. The van der Waals surface area contributed by atoms with E-state index in [1.807, 2.05) is 31.2 Å². The molecule has 1 aliphatic carbocycles. The highest BCUT2D eigenvalue weighted by Crippen LogP contribution is 2.31. The Bertz CT molecular complexity index is 632. The predicted molar refractivity (Wildman–Crippen MR) is 72.0 cm³/mol. The van der Waals surface area contributed by atoms with Gasteiger partial charge in [-0.05, 0) is 30.5 Å². The zero-order valence-electron chi connectivity index (χ0n) is 10.1. The van der Waals surface area contributed by atoms with Crippen LogP contribution in [-0.4, -0.2) is 8.42 Å². The average Bonchev–Trinajstić information content (AvgIpc) is 2.28. The molecule has 0 spiro atoms. The summed E-state index contributed by atoms with van der Waals surface area (Å²) in [6.45, 7) is 1.98. The number of allylic oxidation sites excluding steroid dienone is 1. The molecule has 0 amide bonds. The second-order valence-electron chi connectivity index (χ2n) is 4.54. The van der Waals surface area contributed by atoms with E-state index in [0.717, 1.165) is 11.1 Å². The second kappa shape index (κ2) is 4.35. The van der Waals surface area contributed by atoms with E-state index in [4.69, 9.17) is 10.9 Å². The number of primary sulfonamides is 1. The van der Waals surface area contributed by atoms with E-state index in [2.05, 4.69) is 0 Å². The van der Waals surface area contributed by atoms with E-state index >= 15 is 0 Å². The molecule has 0 saturated carbocycles. The number of nitrogens with two attached hydrogens (primary N) is 2. The van der Waals surface area contributed by atoms with Gasteiger partial charge in [0, 0.05) is 0 Å². The standard InChI is InChI=1S/C13H16N2O2S/c1-10-4-2-3-5-12(10)13(14)8-6-11(7-9-13)18(15,16)17/h2-8H,9,14H2,1H3,(H2,15,16,17). The van der Waals surface area contributed by atoms with Crippen LogP contribution in [0.3, 0.4) is 0 Å². The van der Waals surface area contributed by atoms with Crippen molar-refractivity contribution in [3.63, 3.8) is 0 Å². The number of aryl methyl sites for hydroxylation is 1. The van der Waals surface area contributed by atoms with Crippen molar-refractivity contribution in [2.45, 2.75) is 18.9 Å². The minimum absolute atomic E-state index is 0.122. The first kappa shape index (κ1) is 13.0. The molecule has 1 aromatic rings. The van der Waals surface area contributed by atoms with Crippen LogP contribution in [0.15, 0.2) is 47.4 Å². The largest absolute Gasteiger partial charge is 0.318 e. The smallest absolute Gasteiger partial charge is 0.237 e. The number of hydrogen-bond acceptors (Lipinski definition) is 3. The van der Waals surface area contributed by atoms with Gasteiger partial charge in [-0.25, -0.2) is 13.6 Å². The Balaban J connectivity index is 2.38. The van der Waals surface area contributed by atoms with Gasteiger partial charge in [-0.2, -0.15) is 0 Å². The van der Waals surface area contributed by atoms with Crippen LogP contribution in [0, 0.1) is 6.92 Å². The Labute approximate surface area is 107 Å². The van der Waals surface area contributed by atoms with Gasteiger partial charge in [0.2, 0.25) is 10.0 Å². The Hall–Kier alpha value is -1.43. The van der Waals surface area contributed by atoms with Crippen LogP contribution in [0.4, 0.5) is 0 Å². The lowest BCUT2D eigenvalue weighted by Gasteiger charge is -2.29. The van der Waals surface area contributed by atoms with Crippen LogP contribution in [0.25, 0.3) is 0 Å². The van der Waals surface area contributed by atoms with E-state index in [9.17, 15) is 8.42 Å². The van der Waals surface area contributed by atoms with Crippen molar-refractivity contribution in [3.8, 4) is 0 Å². The molecule has 1 aromatic carbocycles. The molecule has 0 aromatic heterocycles. The van der Waals surface area contributed by atoms with Crippen molar-refractivity contribution < 1.29 is 8.42 Å². The molecule has 2 rings (SSSR count). The fourth-order valence-electron chi connectivity index (χ4n) is 2.14. The number of benzene rings is 1. The molecular formula is C13H16N2O2S. The van der Waals surface area contributed by atoms with Crippen molar-refractivity contribution in [2.75, 3.05) is 0 Å². The Morgan fingerprint density at radius 2 is 1.94 bits per heavy atom. The lowest BCUT2D eigenvalue weighted by Crippen LogP contribution is -2.36. The second-order valence-corrected chi connectivity index (χ2v) is 6.11. The van der Waals surface area contributed by atoms with Crippen LogP contribution in [0.5, 0.6) is 0 Å². The molecule has 0 heterocycles. The molecule has 1 atom stereocenters. The van der Waals surface area contributed by atoms with Gasteiger partial charge in [-0.1, -0.05) is 36.4 Å². The van der Waals surface area contributed by atoms with Gasteiger partial charge in [-0.3, -0.25) is 0 Å². The minimum Gasteiger partial charge on any atom is -0.318 e. The van der Waals surface area contributed by atoms with Crippen LogP contribution in [0.2, 0.25) is 0 Å². The van der Waals surface area contributed by atoms with E-state index in [1.165, 1.54) is 6.08 Å². The van der Waals surface area contributed by atoms with Crippen LogP contribution in [-0.2, 0) is 15.6 Å². The number of sulfonamides is 1. The van der Waals surface area contributed by atoms with Crippen molar-refractivity contribution in [3.05, 3.63) is 58.5 Å². The Morgan fingerprint density at radius 1 is 1.28 bits per heavy atom. The molecule has 0 fully saturated rings. The fraction of sp³-hybridized carbons (Fsp3) is 0.231. The molecule has 18 heavy (non-hydrogen) atoms. The third kappa shape index (κ3) is 2.38. The minimum atomic E-state index is -3.65. The van der Waals surface area contributed by atoms with E-state index in [-0.39, 0.29) is 4.91 Å². The van der Waals surface area contributed by atoms with Gasteiger partial charge < -0.3 is 5.73 Å². The molecule has 1 unspecified atom stereocenters. The first-order valence-electron chi connectivity index (χ1n) is 5.60. The normalized spacial score (nSPS) is 23.8. The monoisotopic (exact) mass is 264 g/mol. The van der Waals surface area contributed by atoms with Gasteiger partial charge in [0.05, 0.1) is 10.4 Å². The van der Waals surface area contributed by atoms with Gasteiger partial charge in [0.1, 0.15) is 0 Å².